The molecule has 22 heavy (non-hydrogen) atoms. The minimum Gasteiger partial charge on any atom is -0.257 e. The molecule has 1 heterocycles. The van der Waals surface area contributed by atoms with Crippen LogP contribution in [0.5, 0.6) is 0 Å². The van der Waals surface area contributed by atoms with Gasteiger partial charge in [0.15, 0.2) is 0 Å². The Bertz CT molecular complexity index is 700. The van der Waals surface area contributed by atoms with E-state index in [-0.39, 0.29) is 5.82 Å². The summed E-state index contributed by atoms with van der Waals surface area (Å²) in [5.41, 5.74) is 4.91. The number of rotatable bonds is 4. The molecule has 2 atom stereocenters. The summed E-state index contributed by atoms with van der Waals surface area (Å²) in [7, 11) is 0. The Morgan fingerprint density at radius 1 is 0.864 bits per heavy atom. The fourth-order valence-corrected chi connectivity index (χ4v) is 3.67. The van der Waals surface area contributed by atoms with E-state index < -0.39 is 0 Å². The van der Waals surface area contributed by atoms with Crippen LogP contribution in [-0.2, 0) is 0 Å². The smallest absolute Gasteiger partial charge is 0.126 e. The Kier molecular flexibility index (Phi) is 2.70. The minimum atomic E-state index is -0.0473. The van der Waals surface area contributed by atoms with Gasteiger partial charge in [-0.1, -0.05) is 18.2 Å². The molecule has 1 aromatic carbocycles. The summed E-state index contributed by atoms with van der Waals surface area (Å²) in [6.45, 7) is 0. The molecule has 3 aliphatic rings. The van der Waals surface area contributed by atoms with Crippen LogP contribution in [0.1, 0.15) is 78.3 Å². The molecule has 0 aliphatic heterocycles. The van der Waals surface area contributed by atoms with E-state index in [9.17, 15) is 4.39 Å². The van der Waals surface area contributed by atoms with Crippen LogP contribution in [0.4, 0.5) is 4.39 Å². The van der Waals surface area contributed by atoms with Gasteiger partial charge in [-0.25, -0.2) is 4.39 Å². The van der Waals surface area contributed by atoms with Gasteiger partial charge in [0, 0.05) is 23.2 Å². The molecule has 0 amide bonds. The summed E-state index contributed by atoms with van der Waals surface area (Å²) in [5.74, 6) is 2.21. The van der Waals surface area contributed by atoms with E-state index in [4.69, 9.17) is 4.98 Å². The summed E-state index contributed by atoms with van der Waals surface area (Å²) in [6, 6.07) is 11.9. The van der Waals surface area contributed by atoms with Crippen LogP contribution >= 0.6 is 0 Å². The topological polar surface area (TPSA) is 12.9 Å². The molecule has 0 bridgehead atoms. The van der Waals surface area contributed by atoms with Crippen molar-refractivity contribution in [3.63, 3.8) is 0 Å². The van der Waals surface area contributed by atoms with Crippen LogP contribution in [0.2, 0.25) is 0 Å². The average molecular weight is 293 g/mol. The van der Waals surface area contributed by atoms with E-state index >= 15 is 0 Å². The molecular formula is C20H20FN. The van der Waals surface area contributed by atoms with Crippen LogP contribution in [0.15, 0.2) is 36.4 Å². The van der Waals surface area contributed by atoms with Crippen molar-refractivity contribution in [1.29, 1.82) is 0 Å². The van der Waals surface area contributed by atoms with E-state index in [0.29, 0.717) is 23.7 Å². The van der Waals surface area contributed by atoms with Crippen LogP contribution < -0.4 is 0 Å². The fourth-order valence-electron chi connectivity index (χ4n) is 3.67. The van der Waals surface area contributed by atoms with E-state index in [1.807, 2.05) is 12.1 Å². The van der Waals surface area contributed by atoms with Crippen molar-refractivity contribution in [3.05, 3.63) is 64.7 Å². The van der Waals surface area contributed by atoms with E-state index in [1.165, 1.54) is 42.6 Å². The SMILES string of the molecule is Fc1ccccc1C1CC1c1cc(C2CC2)nc(C2CC2)c1. The van der Waals surface area contributed by atoms with Crippen molar-refractivity contribution in [2.45, 2.75) is 55.8 Å². The van der Waals surface area contributed by atoms with Crippen LogP contribution in [0.3, 0.4) is 0 Å². The number of halogens is 1. The normalized spacial score (nSPS) is 27.0. The maximum Gasteiger partial charge on any atom is 0.126 e. The third-order valence-electron chi connectivity index (χ3n) is 5.40. The summed E-state index contributed by atoms with van der Waals surface area (Å²) < 4.78 is 14.0. The molecule has 2 heteroatoms. The molecular weight excluding hydrogens is 273 g/mol. The van der Waals surface area contributed by atoms with Crippen molar-refractivity contribution in [2.24, 2.45) is 0 Å². The first-order valence-corrected chi connectivity index (χ1v) is 8.56. The molecule has 2 aromatic rings. The van der Waals surface area contributed by atoms with Gasteiger partial charge in [0.2, 0.25) is 0 Å². The third kappa shape index (κ3) is 2.25. The monoisotopic (exact) mass is 293 g/mol. The van der Waals surface area contributed by atoms with E-state index in [1.54, 1.807) is 12.1 Å². The van der Waals surface area contributed by atoms with Gasteiger partial charge in [-0.3, -0.25) is 4.98 Å². The largest absolute Gasteiger partial charge is 0.257 e. The second kappa shape index (κ2) is 4.65. The molecule has 1 nitrogen and oxygen atoms in total. The molecule has 3 aliphatic carbocycles. The molecule has 5 rings (SSSR count). The van der Waals surface area contributed by atoms with Crippen molar-refractivity contribution >= 4 is 0 Å². The zero-order valence-corrected chi connectivity index (χ0v) is 12.6. The summed E-state index contributed by atoms with van der Waals surface area (Å²) in [5, 5.41) is 0. The maximum absolute atomic E-state index is 14.0. The number of nitrogens with zero attached hydrogens (tertiary/aromatic N) is 1. The summed E-state index contributed by atoms with van der Waals surface area (Å²) in [4.78, 5) is 4.91. The first kappa shape index (κ1) is 12.8. The average Bonchev–Trinajstić information content (AvgIpc) is 3.41. The van der Waals surface area contributed by atoms with Gasteiger partial charge in [0.25, 0.3) is 0 Å². The number of aromatic nitrogens is 1. The lowest BCUT2D eigenvalue weighted by Gasteiger charge is -2.08. The van der Waals surface area contributed by atoms with Gasteiger partial charge in [-0.05, 0) is 73.3 Å². The highest BCUT2D eigenvalue weighted by Gasteiger charge is 2.42. The Hall–Kier alpha value is -1.70. The Balaban J connectivity index is 1.47. The highest BCUT2D eigenvalue weighted by Crippen LogP contribution is 2.56. The molecule has 0 spiro atoms. The zero-order valence-electron chi connectivity index (χ0n) is 12.6. The lowest BCUT2D eigenvalue weighted by molar-refractivity contribution is 0.609. The molecule has 0 radical (unpaired) electrons. The van der Waals surface area contributed by atoms with E-state index in [0.717, 1.165) is 12.0 Å². The molecule has 3 saturated carbocycles. The summed E-state index contributed by atoms with van der Waals surface area (Å²) >= 11 is 0. The molecule has 0 N–H and O–H groups in total. The van der Waals surface area contributed by atoms with Crippen molar-refractivity contribution in [3.8, 4) is 0 Å². The molecule has 112 valence electrons. The van der Waals surface area contributed by atoms with Crippen molar-refractivity contribution in [1.82, 2.24) is 4.98 Å². The highest BCUT2D eigenvalue weighted by atomic mass is 19.1. The predicted molar refractivity (Wildman–Crippen MR) is 84.7 cm³/mol. The van der Waals surface area contributed by atoms with Crippen LogP contribution in [0, 0.1) is 5.82 Å². The third-order valence-corrected chi connectivity index (χ3v) is 5.40. The molecule has 3 fully saturated rings. The van der Waals surface area contributed by atoms with Gasteiger partial charge < -0.3 is 0 Å². The van der Waals surface area contributed by atoms with Crippen molar-refractivity contribution in [2.75, 3.05) is 0 Å². The number of hydrogen-bond acceptors (Lipinski definition) is 1. The van der Waals surface area contributed by atoms with Gasteiger partial charge in [-0.2, -0.15) is 0 Å². The number of benzene rings is 1. The Labute approximate surface area is 130 Å². The lowest BCUT2D eigenvalue weighted by atomic mass is 10.0. The maximum atomic E-state index is 14.0. The fraction of sp³-hybridized carbons (Fsp3) is 0.450. The number of hydrogen-bond donors (Lipinski definition) is 0. The van der Waals surface area contributed by atoms with Gasteiger partial charge >= 0.3 is 0 Å². The van der Waals surface area contributed by atoms with Crippen molar-refractivity contribution < 1.29 is 4.39 Å². The molecule has 1 aromatic heterocycles. The van der Waals surface area contributed by atoms with Gasteiger partial charge in [0.05, 0.1) is 0 Å². The van der Waals surface area contributed by atoms with Gasteiger partial charge in [-0.15, -0.1) is 0 Å². The highest BCUT2D eigenvalue weighted by molar-refractivity contribution is 5.40. The Morgan fingerprint density at radius 3 is 2.09 bits per heavy atom. The van der Waals surface area contributed by atoms with Crippen LogP contribution in [0.25, 0.3) is 0 Å². The zero-order chi connectivity index (χ0) is 14.7. The molecule has 0 saturated heterocycles. The predicted octanol–water partition coefficient (Wildman–Crippen LogP) is 5.25. The quantitative estimate of drug-likeness (QED) is 0.750. The molecule has 2 unspecified atom stereocenters. The first-order valence-electron chi connectivity index (χ1n) is 8.56. The first-order chi connectivity index (χ1) is 10.8. The summed E-state index contributed by atoms with van der Waals surface area (Å²) in [6.07, 6.45) is 6.26. The number of pyridine rings is 1. The van der Waals surface area contributed by atoms with Gasteiger partial charge in [0.1, 0.15) is 5.82 Å². The minimum absolute atomic E-state index is 0.0473. The van der Waals surface area contributed by atoms with Crippen LogP contribution in [-0.4, -0.2) is 4.98 Å². The Morgan fingerprint density at radius 2 is 1.50 bits per heavy atom. The standard InChI is InChI=1S/C20H20FN/c21-18-4-2-1-3-15(18)17-11-16(17)14-9-19(12-5-6-12)22-20(10-14)13-7-8-13/h1-4,9-10,12-13,16-17H,5-8,11H2. The lowest BCUT2D eigenvalue weighted by Crippen LogP contribution is -1.97. The second-order valence-corrected chi connectivity index (χ2v) is 7.27. The van der Waals surface area contributed by atoms with E-state index in [2.05, 4.69) is 12.1 Å². The second-order valence-electron chi connectivity index (χ2n) is 7.27.